The summed E-state index contributed by atoms with van der Waals surface area (Å²) < 4.78 is 6.14. The standard InChI is InChI=1S/C15H27O2Si/c1-8-14(11-9-10-13(2)16)12-17-18(6,7)15(3,4)5/h8-10,14H,1-2,11-12H2,3-7H3/t14-/m1/s1. The van der Waals surface area contributed by atoms with Gasteiger partial charge in [0.2, 0.25) is 0 Å². The Hall–Kier alpha value is -0.673. The highest BCUT2D eigenvalue weighted by molar-refractivity contribution is 6.74. The highest BCUT2D eigenvalue weighted by Gasteiger charge is 2.37. The molecular weight excluding hydrogens is 240 g/mol. The molecule has 1 atom stereocenters. The highest BCUT2D eigenvalue weighted by Crippen LogP contribution is 2.36. The van der Waals surface area contributed by atoms with Crippen LogP contribution in [0.3, 0.4) is 0 Å². The Balaban J connectivity index is 4.32. The second-order valence-corrected chi connectivity index (χ2v) is 11.0. The Labute approximate surface area is 113 Å². The van der Waals surface area contributed by atoms with Gasteiger partial charge in [0.05, 0.1) is 0 Å². The van der Waals surface area contributed by atoms with Crippen molar-refractivity contribution >= 4 is 14.1 Å². The molecule has 103 valence electrons. The van der Waals surface area contributed by atoms with E-state index in [2.05, 4.69) is 47.4 Å². The summed E-state index contributed by atoms with van der Waals surface area (Å²) in [4.78, 5) is 10.7. The van der Waals surface area contributed by atoms with Crippen LogP contribution in [0.4, 0.5) is 0 Å². The van der Waals surface area contributed by atoms with Crippen molar-refractivity contribution in [2.24, 2.45) is 5.92 Å². The third-order valence-corrected chi connectivity index (χ3v) is 8.04. The first kappa shape index (κ1) is 17.3. The lowest BCUT2D eigenvalue weighted by atomic mass is 10.1. The van der Waals surface area contributed by atoms with Crippen LogP contribution in [-0.4, -0.2) is 20.7 Å². The van der Waals surface area contributed by atoms with Crippen molar-refractivity contribution in [3.05, 3.63) is 31.7 Å². The second-order valence-electron chi connectivity index (χ2n) is 6.17. The Kier molecular flexibility index (Phi) is 6.78. The highest BCUT2D eigenvalue weighted by atomic mass is 28.4. The van der Waals surface area contributed by atoms with Gasteiger partial charge in [-0.3, -0.25) is 4.79 Å². The topological polar surface area (TPSA) is 26.3 Å². The van der Waals surface area contributed by atoms with Crippen LogP contribution in [0.1, 0.15) is 27.2 Å². The number of hydrogen-bond acceptors (Lipinski definition) is 2. The van der Waals surface area contributed by atoms with E-state index in [1.165, 1.54) is 6.08 Å². The summed E-state index contributed by atoms with van der Waals surface area (Å²) in [5.74, 6) is 0.0952. The summed E-state index contributed by atoms with van der Waals surface area (Å²) >= 11 is 0. The zero-order chi connectivity index (χ0) is 14.4. The Morgan fingerprint density at radius 3 is 2.33 bits per heavy atom. The van der Waals surface area contributed by atoms with E-state index in [0.717, 1.165) is 6.42 Å². The fourth-order valence-electron chi connectivity index (χ4n) is 1.14. The molecule has 3 heteroatoms. The lowest BCUT2D eigenvalue weighted by molar-refractivity contribution is -0.110. The Bertz CT molecular complexity index is 311. The van der Waals surface area contributed by atoms with Gasteiger partial charge in [0.25, 0.3) is 0 Å². The van der Waals surface area contributed by atoms with Crippen molar-refractivity contribution in [2.45, 2.75) is 45.3 Å². The van der Waals surface area contributed by atoms with Crippen molar-refractivity contribution in [3.8, 4) is 0 Å². The summed E-state index contributed by atoms with van der Waals surface area (Å²) in [5.41, 5.74) is 0. The molecule has 0 bridgehead atoms. The minimum absolute atomic E-state index is 0.164. The molecule has 0 unspecified atom stereocenters. The fraction of sp³-hybridized carbons (Fsp3) is 0.600. The molecule has 18 heavy (non-hydrogen) atoms. The molecule has 0 saturated carbocycles. The van der Waals surface area contributed by atoms with Crippen LogP contribution in [0.15, 0.2) is 24.8 Å². The van der Waals surface area contributed by atoms with E-state index in [9.17, 15) is 4.79 Å². The predicted octanol–water partition coefficient (Wildman–Crippen LogP) is 4.16. The summed E-state index contributed by atoms with van der Waals surface area (Å²) in [5, 5.41) is 0.220. The normalized spacial score (nSPS) is 14.8. The van der Waals surface area contributed by atoms with Crippen LogP contribution < -0.4 is 0 Å². The fourth-order valence-corrected chi connectivity index (χ4v) is 2.20. The molecule has 1 radical (unpaired) electrons. The van der Waals surface area contributed by atoms with Gasteiger partial charge in [-0.25, -0.2) is 0 Å². The van der Waals surface area contributed by atoms with E-state index in [1.54, 1.807) is 0 Å². The molecule has 0 aromatic rings. The zero-order valence-electron chi connectivity index (χ0n) is 12.5. The van der Waals surface area contributed by atoms with Gasteiger partial charge in [0.1, 0.15) is 0 Å². The molecule has 0 aromatic carbocycles. The Morgan fingerprint density at radius 2 is 1.94 bits per heavy atom. The smallest absolute Gasteiger partial charge is 0.192 e. The average Bonchev–Trinajstić information content (AvgIpc) is 2.20. The molecule has 0 aromatic heterocycles. The van der Waals surface area contributed by atoms with Crippen LogP contribution in [0, 0.1) is 12.8 Å². The number of ketones is 1. The molecule has 0 fully saturated rings. The average molecular weight is 267 g/mol. The first-order valence-corrected chi connectivity index (χ1v) is 9.30. The third-order valence-electron chi connectivity index (χ3n) is 3.54. The Morgan fingerprint density at radius 1 is 1.39 bits per heavy atom. The largest absolute Gasteiger partial charge is 0.416 e. The summed E-state index contributed by atoms with van der Waals surface area (Å²) in [7, 11) is -1.70. The van der Waals surface area contributed by atoms with Crippen molar-refractivity contribution in [3.63, 3.8) is 0 Å². The maximum atomic E-state index is 10.7. The summed E-state index contributed by atoms with van der Waals surface area (Å²) in [6.45, 7) is 19.0. The van der Waals surface area contributed by atoms with Gasteiger partial charge in [0, 0.05) is 19.4 Å². The zero-order valence-corrected chi connectivity index (χ0v) is 13.5. The van der Waals surface area contributed by atoms with Crippen molar-refractivity contribution in [2.75, 3.05) is 6.61 Å². The van der Waals surface area contributed by atoms with Gasteiger partial charge >= 0.3 is 0 Å². The molecule has 0 rings (SSSR count). The lowest BCUT2D eigenvalue weighted by Crippen LogP contribution is -2.41. The molecule has 0 aliphatic heterocycles. The summed E-state index contributed by atoms with van der Waals surface area (Å²) in [6.07, 6.45) is 6.02. The van der Waals surface area contributed by atoms with Crippen LogP contribution in [-0.2, 0) is 9.22 Å². The van der Waals surface area contributed by atoms with Gasteiger partial charge in [-0.2, -0.15) is 0 Å². The molecule has 0 aliphatic carbocycles. The van der Waals surface area contributed by atoms with E-state index in [0.29, 0.717) is 6.61 Å². The van der Waals surface area contributed by atoms with E-state index < -0.39 is 8.32 Å². The first-order chi connectivity index (χ1) is 8.10. The first-order valence-electron chi connectivity index (χ1n) is 6.39. The lowest BCUT2D eigenvalue weighted by Gasteiger charge is -2.37. The minimum Gasteiger partial charge on any atom is -0.416 e. The maximum Gasteiger partial charge on any atom is 0.192 e. The van der Waals surface area contributed by atoms with Crippen LogP contribution in [0.5, 0.6) is 0 Å². The molecule has 0 spiro atoms. The van der Waals surface area contributed by atoms with E-state index in [4.69, 9.17) is 4.43 Å². The van der Waals surface area contributed by atoms with Crippen molar-refractivity contribution in [1.82, 2.24) is 0 Å². The van der Waals surface area contributed by atoms with Gasteiger partial charge < -0.3 is 4.43 Å². The SMILES string of the molecule is [CH2]C(=O)C=CC[C@@H](C=C)CO[Si](C)(C)C(C)(C)C. The molecule has 0 aliphatic rings. The molecule has 0 amide bonds. The summed E-state index contributed by atoms with van der Waals surface area (Å²) in [6, 6.07) is 0. The van der Waals surface area contributed by atoms with Gasteiger partial charge in [0.15, 0.2) is 14.1 Å². The number of rotatable bonds is 7. The number of carbonyl (C=O) groups is 1. The van der Waals surface area contributed by atoms with Crippen molar-refractivity contribution in [1.29, 1.82) is 0 Å². The number of hydrogen-bond donors (Lipinski definition) is 0. The van der Waals surface area contributed by atoms with Gasteiger partial charge in [-0.1, -0.05) is 32.9 Å². The monoisotopic (exact) mass is 267 g/mol. The number of allylic oxidation sites excluding steroid dienone is 2. The van der Waals surface area contributed by atoms with Gasteiger partial charge in [-0.15, -0.1) is 6.58 Å². The predicted molar refractivity (Wildman–Crippen MR) is 81.0 cm³/mol. The molecule has 2 nitrogen and oxygen atoms in total. The molecule has 0 saturated heterocycles. The van der Waals surface area contributed by atoms with E-state index >= 15 is 0 Å². The third kappa shape index (κ3) is 6.31. The van der Waals surface area contributed by atoms with Crippen LogP contribution >= 0.6 is 0 Å². The quantitative estimate of drug-likeness (QED) is 0.393. The second kappa shape index (κ2) is 7.05. The van der Waals surface area contributed by atoms with Gasteiger partial charge in [-0.05, 0) is 30.6 Å². The number of carbonyl (C=O) groups excluding carboxylic acids is 1. The maximum absolute atomic E-state index is 10.7. The van der Waals surface area contributed by atoms with Crippen molar-refractivity contribution < 1.29 is 9.22 Å². The molecular formula is C15H27O2Si. The molecule has 0 N–H and O–H groups in total. The van der Waals surface area contributed by atoms with Crippen LogP contribution in [0.25, 0.3) is 0 Å². The van der Waals surface area contributed by atoms with E-state index in [1.807, 2.05) is 12.2 Å². The minimum atomic E-state index is -1.70. The van der Waals surface area contributed by atoms with Crippen LogP contribution in [0.2, 0.25) is 18.1 Å². The molecule has 0 heterocycles. The van der Waals surface area contributed by atoms with E-state index in [-0.39, 0.29) is 16.7 Å².